The number of carbonyl (C=O) groups excluding carboxylic acids is 1. The zero-order chi connectivity index (χ0) is 23.0. The van der Waals surface area contributed by atoms with Gasteiger partial charge in [0, 0.05) is 39.7 Å². The molecule has 1 N–H and O–H groups in total. The van der Waals surface area contributed by atoms with Crippen LogP contribution in [-0.2, 0) is 11.5 Å². The van der Waals surface area contributed by atoms with Crippen molar-refractivity contribution in [3.63, 3.8) is 0 Å². The van der Waals surface area contributed by atoms with E-state index >= 15 is 0 Å². The summed E-state index contributed by atoms with van der Waals surface area (Å²) < 4.78 is 2.18. The molecular weight excluding hydrogens is 426 g/mol. The first-order valence-electron chi connectivity index (χ1n) is 10.9. The van der Waals surface area contributed by atoms with Crippen molar-refractivity contribution in [2.24, 2.45) is 5.10 Å². The van der Waals surface area contributed by atoms with Gasteiger partial charge >= 0.3 is 0 Å². The molecule has 4 nitrogen and oxygen atoms in total. The fourth-order valence-electron chi connectivity index (χ4n) is 3.73. The summed E-state index contributed by atoms with van der Waals surface area (Å²) in [4.78, 5) is 12.5. The minimum Gasteiger partial charge on any atom is -0.318 e. The second kappa shape index (κ2) is 10.8. The minimum atomic E-state index is -0.216. The molecule has 0 saturated carbocycles. The van der Waals surface area contributed by atoms with Crippen LogP contribution in [0.15, 0.2) is 96.1 Å². The maximum atomic E-state index is 12.5. The highest BCUT2D eigenvalue weighted by molar-refractivity contribution is 7.97. The second-order valence-corrected chi connectivity index (χ2v) is 8.86. The van der Waals surface area contributed by atoms with Gasteiger partial charge in [0.1, 0.15) is 0 Å². The molecule has 3 aromatic carbocycles. The summed E-state index contributed by atoms with van der Waals surface area (Å²) in [6, 6.07) is 30.4. The summed E-state index contributed by atoms with van der Waals surface area (Å²) >= 11 is 1.86. The molecule has 0 fully saturated rings. The van der Waals surface area contributed by atoms with Crippen LogP contribution in [-0.4, -0.2) is 16.7 Å². The van der Waals surface area contributed by atoms with E-state index < -0.39 is 0 Å². The van der Waals surface area contributed by atoms with Crippen molar-refractivity contribution in [1.82, 2.24) is 9.99 Å². The molecular formula is C28H27N3OS. The third-order valence-corrected chi connectivity index (χ3v) is 6.53. The number of para-hydroxylation sites is 1. The summed E-state index contributed by atoms with van der Waals surface area (Å²) in [5, 5.41) is 4.19. The minimum absolute atomic E-state index is 0.216. The van der Waals surface area contributed by atoms with Gasteiger partial charge in [-0.3, -0.25) is 4.79 Å². The molecule has 0 bridgehead atoms. The van der Waals surface area contributed by atoms with Crippen LogP contribution in [0.1, 0.15) is 38.4 Å². The van der Waals surface area contributed by atoms with Crippen molar-refractivity contribution in [1.29, 1.82) is 0 Å². The lowest BCUT2D eigenvalue weighted by Gasteiger charge is -2.09. The third kappa shape index (κ3) is 5.82. The van der Waals surface area contributed by atoms with Crippen molar-refractivity contribution in [2.75, 3.05) is 0 Å². The van der Waals surface area contributed by atoms with E-state index in [0.717, 1.165) is 34.1 Å². The largest absolute Gasteiger partial charge is 0.318 e. The van der Waals surface area contributed by atoms with Gasteiger partial charge in [-0.25, -0.2) is 5.43 Å². The number of carbonyl (C=O) groups is 1. The number of benzene rings is 3. The number of hydrazone groups is 1. The molecule has 4 rings (SSSR count). The van der Waals surface area contributed by atoms with Gasteiger partial charge in [0.25, 0.3) is 5.91 Å². The summed E-state index contributed by atoms with van der Waals surface area (Å²) in [6.45, 7) is 4.12. The van der Waals surface area contributed by atoms with Crippen LogP contribution in [0.25, 0.3) is 5.69 Å². The van der Waals surface area contributed by atoms with Crippen molar-refractivity contribution < 1.29 is 4.79 Å². The SMILES string of the molecule is Cc1cc(/C=N/NC(=O)c2ccc(CSCc3ccccc3)cc2)c(C)n1-c1ccccc1. The summed E-state index contributed by atoms with van der Waals surface area (Å²) in [5.74, 6) is 1.67. The highest BCUT2D eigenvalue weighted by Crippen LogP contribution is 2.20. The van der Waals surface area contributed by atoms with Crippen LogP contribution in [0.4, 0.5) is 0 Å². The average Bonchev–Trinajstić information content (AvgIpc) is 3.13. The second-order valence-electron chi connectivity index (χ2n) is 7.87. The molecule has 33 heavy (non-hydrogen) atoms. The van der Waals surface area contributed by atoms with E-state index in [-0.39, 0.29) is 5.91 Å². The number of aryl methyl sites for hydroxylation is 1. The molecule has 0 radical (unpaired) electrons. The Hall–Kier alpha value is -3.57. The van der Waals surface area contributed by atoms with Crippen molar-refractivity contribution in [2.45, 2.75) is 25.4 Å². The van der Waals surface area contributed by atoms with Gasteiger partial charge in [-0.1, -0.05) is 60.7 Å². The molecule has 0 aliphatic carbocycles. The Morgan fingerprint density at radius 1 is 0.879 bits per heavy atom. The topological polar surface area (TPSA) is 46.4 Å². The quantitative estimate of drug-likeness (QED) is 0.252. The van der Waals surface area contributed by atoms with Crippen LogP contribution >= 0.6 is 11.8 Å². The van der Waals surface area contributed by atoms with E-state index in [1.165, 1.54) is 11.1 Å². The Balaban J connectivity index is 1.32. The molecule has 0 spiro atoms. The maximum Gasteiger partial charge on any atom is 0.271 e. The van der Waals surface area contributed by atoms with E-state index in [2.05, 4.69) is 71.4 Å². The molecule has 1 aromatic heterocycles. The lowest BCUT2D eigenvalue weighted by molar-refractivity contribution is 0.0955. The smallest absolute Gasteiger partial charge is 0.271 e. The predicted octanol–water partition coefficient (Wildman–Crippen LogP) is 6.29. The van der Waals surface area contributed by atoms with E-state index in [4.69, 9.17) is 0 Å². The third-order valence-electron chi connectivity index (χ3n) is 5.45. The predicted molar refractivity (Wildman–Crippen MR) is 138 cm³/mol. The number of amides is 1. The van der Waals surface area contributed by atoms with Gasteiger partial charge in [-0.2, -0.15) is 16.9 Å². The van der Waals surface area contributed by atoms with Crippen LogP contribution in [0.3, 0.4) is 0 Å². The lowest BCUT2D eigenvalue weighted by atomic mass is 10.1. The Bertz CT molecular complexity index is 1230. The van der Waals surface area contributed by atoms with Crippen molar-refractivity contribution in [3.8, 4) is 5.69 Å². The van der Waals surface area contributed by atoms with E-state index in [1.807, 2.05) is 60.3 Å². The highest BCUT2D eigenvalue weighted by atomic mass is 32.2. The van der Waals surface area contributed by atoms with E-state index in [1.54, 1.807) is 6.21 Å². The monoisotopic (exact) mass is 453 g/mol. The number of hydrogen-bond acceptors (Lipinski definition) is 3. The zero-order valence-corrected chi connectivity index (χ0v) is 19.7. The Morgan fingerprint density at radius 2 is 1.48 bits per heavy atom. The average molecular weight is 454 g/mol. The van der Waals surface area contributed by atoms with Gasteiger partial charge < -0.3 is 4.57 Å². The molecule has 166 valence electrons. The first-order chi connectivity index (χ1) is 16.1. The van der Waals surface area contributed by atoms with E-state index in [9.17, 15) is 4.79 Å². The summed E-state index contributed by atoms with van der Waals surface area (Å²) in [5.41, 5.74) is 10.0. The molecule has 0 unspecified atom stereocenters. The van der Waals surface area contributed by atoms with Gasteiger partial charge in [0.15, 0.2) is 0 Å². The Morgan fingerprint density at radius 3 is 2.15 bits per heavy atom. The summed E-state index contributed by atoms with van der Waals surface area (Å²) in [6.07, 6.45) is 1.70. The zero-order valence-electron chi connectivity index (χ0n) is 18.9. The van der Waals surface area contributed by atoms with Gasteiger partial charge in [0.2, 0.25) is 0 Å². The van der Waals surface area contributed by atoms with Crippen molar-refractivity contribution >= 4 is 23.9 Å². The molecule has 4 aromatic rings. The normalized spacial score (nSPS) is 11.1. The molecule has 0 saturated heterocycles. The van der Waals surface area contributed by atoms with Gasteiger partial charge in [0.05, 0.1) is 6.21 Å². The standard InChI is InChI=1S/C28H27N3OS/c1-21-17-26(22(2)31(21)27-11-7-4-8-12-27)18-29-30-28(32)25-15-13-24(14-16-25)20-33-19-23-9-5-3-6-10-23/h3-18H,19-20H2,1-2H3,(H,30,32)/b29-18+. The van der Waals surface area contributed by atoms with Crippen molar-refractivity contribution in [3.05, 3.63) is 125 Å². The van der Waals surface area contributed by atoms with E-state index in [0.29, 0.717) is 5.56 Å². The van der Waals surface area contributed by atoms with Gasteiger partial charge in [-0.15, -0.1) is 0 Å². The van der Waals surface area contributed by atoms with Gasteiger partial charge in [-0.05, 0) is 55.3 Å². The summed E-state index contributed by atoms with van der Waals surface area (Å²) in [7, 11) is 0. The number of nitrogens with zero attached hydrogens (tertiary/aromatic N) is 2. The fraction of sp³-hybridized carbons (Fsp3) is 0.143. The first kappa shape index (κ1) is 22.6. The number of rotatable bonds is 8. The number of thioether (sulfide) groups is 1. The Kier molecular flexibility index (Phi) is 7.43. The number of hydrogen-bond donors (Lipinski definition) is 1. The van der Waals surface area contributed by atoms with Crippen LogP contribution in [0, 0.1) is 13.8 Å². The molecule has 1 amide bonds. The van der Waals surface area contributed by atoms with Crippen LogP contribution in [0.5, 0.6) is 0 Å². The molecule has 0 atom stereocenters. The molecule has 0 aliphatic heterocycles. The maximum absolute atomic E-state index is 12.5. The number of nitrogens with one attached hydrogen (secondary N) is 1. The lowest BCUT2D eigenvalue weighted by Crippen LogP contribution is -2.17. The first-order valence-corrected chi connectivity index (χ1v) is 12.1. The molecule has 0 aliphatic rings. The van der Waals surface area contributed by atoms with Crippen LogP contribution < -0.4 is 5.43 Å². The fourth-order valence-corrected chi connectivity index (χ4v) is 4.69. The molecule has 1 heterocycles. The number of aromatic nitrogens is 1. The Labute approximate surface area is 199 Å². The molecule has 5 heteroatoms. The highest BCUT2D eigenvalue weighted by Gasteiger charge is 2.09. The van der Waals surface area contributed by atoms with Crippen LogP contribution in [0.2, 0.25) is 0 Å².